The van der Waals surface area contributed by atoms with E-state index in [1.54, 1.807) is 25.3 Å². The summed E-state index contributed by atoms with van der Waals surface area (Å²) in [7, 11) is 1.56. The highest BCUT2D eigenvalue weighted by Gasteiger charge is 2.38. The second-order valence-corrected chi connectivity index (χ2v) is 5.56. The summed E-state index contributed by atoms with van der Waals surface area (Å²) in [6.45, 7) is 3.66. The molecule has 2 aromatic rings. The molecule has 1 aromatic heterocycles. The molecule has 2 heterocycles. The molecule has 5 heteroatoms. The standard InChI is InChI=1S/C15H17NO4/c1-15(2)12(18)7-10-13(19-3)9-6-8(17)4-5-11(9)16-14(10)20-15/h4-6,12,17-18H,7H2,1-3H3. The third kappa shape index (κ3) is 1.86. The number of phenolic OH excluding ortho intramolecular Hbond substituents is 1. The van der Waals surface area contributed by atoms with Crippen molar-refractivity contribution in [3.05, 3.63) is 23.8 Å². The SMILES string of the molecule is COc1c2c(nc3ccc(O)cc13)OC(C)(C)C(O)C2. The van der Waals surface area contributed by atoms with Gasteiger partial charge in [-0.15, -0.1) is 0 Å². The van der Waals surface area contributed by atoms with Crippen molar-refractivity contribution in [2.45, 2.75) is 32.0 Å². The molecule has 0 radical (unpaired) electrons. The first kappa shape index (κ1) is 13.0. The van der Waals surface area contributed by atoms with E-state index in [-0.39, 0.29) is 5.75 Å². The Morgan fingerprint density at radius 3 is 2.85 bits per heavy atom. The lowest BCUT2D eigenvalue weighted by Gasteiger charge is -2.36. The number of aliphatic hydroxyl groups is 1. The Bertz CT molecular complexity index is 681. The third-order valence-electron chi connectivity index (χ3n) is 3.74. The number of pyridine rings is 1. The number of nitrogens with zero attached hydrogens (tertiary/aromatic N) is 1. The number of hydrogen-bond donors (Lipinski definition) is 2. The zero-order valence-corrected chi connectivity index (χ0v) is 11.7. The topological polar surface area (TPSA) is 71.8 Å². The molecule has 1 aliphatic rings. The van der Waals surface area contributed by atoms with Gasteiger partial charge in [-0.2, -0.15) is 0 Å². The second-order valence-electron chi connectivity index (χ2n) is 5.56. The van der Waals surface area contributed by atoms with Crippen LogP contribution in [0.15, 0.2) is 18.2 Å². The fourth-order valence-electron chi connectivity index (χ4n) is 2.49. The Kier molecular flexibility index (Phi) is 2.76. The van der Waals surface area contributed by atoms with E-state index in [4.69, 9.17) is 9.47 Å². The van der Waals surface area contributed by atoms with E-state index in [0.717, 1.165) is 5.56 Å². The van der Waals surface area contributed by atoms with Crippen molar-refractivity contribution in [1.82, 2.24) is 4.98 Å². The summed E-state index contributed by atoms with van der Waals surface area (Å²) in [4.78, 5) is 4.47. The molecule has 106 valence electrons. The van der Waals surface area contributed by atoms with Gasteiger partial charge in [-0.1, -0.05) is 0 Å². The van der Waals surface area contributed by atoms with Crippen LogP contribution in [-0.4, -0.2) is 34.0 Å². The minimum absolute atomic E-state index is 0.148. The molecule has 0 fully saturated rings. The minimum Gasteiger partial charge on any atom is -0.508 e. The lowest BCUT2D eigenvalue weighted by Crippen LogP contribution is -2.46. The molecule has 3 rings (SSSR count). The average Bonchev–Trinajstić information content (AvgIpc) is 2.38. The van der Waals surface area contributed by atoms with Crippen molar-refractivity contribution in [2.24, 2.45) is 0 Å². The quantitative estimate of drug-likeness (QED) is 0.833. The highest BCUT2D eigenvalue weighted by atomic mass is 16.5. The van der Waals surface area contributed by atoms with Crippen LogP contribution in [0, 0.1) is 0 Å². The maximum Gasteiger partial charge on any atom is 0.221 e. The monoisotopic (exact) mass is 275 g/mol. The number of aliphatic hydroxyl groups excluding tert-OH is 1. The van der Waals surface area contributed by atoms with E-state index in [1.807, 2.05) is 13.8 Å². The number of hydrogen-bond acceptors (Lipinski definition) is 5. The summed E-state index contributed by atoms with van der Waals surface area (Å²) < 4.78 is 11.3. The number of methoxy groups -OCH3 is 1. The van der Waals surface area contributed by atoms with Gasteiger partial charge < -0.3 is 19.7 Å². The molecular weight excluding hydrogens is 258 g/mol. The Morgan fingerprint density at radius 2 is 2.15 bits per heavy atom. The number of benzene rings is 1. The normalized spacial score (nSPS) is 20.3. The highest BCUT2D eigenvalue weighted by Crippen LogP contribution is 2.41. The van der Waals surface area contributed by atoms with Crippen molar-refractivity contribution < 1.29 is 19.7 Å². The number of ether oxygens (including phenoxy) is 2. The molecule has 0 bridgehead atoms. The van der Waals surface area contributed by atoms with Crippen molar-refractivity contribution in [3.8, 4) is 17.4 Å². The number of aromatic hydroxyl groups is 1. The fourth-order valence-corrected chi connectivity index (χ4v) is 2.49. The van der Waals surface area contributed by atoms with E-state index in [0.29, 0.717) is 29.0 Å². The van der Waals surface area contributed by atoms with Gasteiger partial charge in [0.05, 0.1) is 24.3 Å². The van der Waals surface area contributed by atoms with Crippen LogP contribution in [0.2, 0.25) is 0 Å². The predicted molar refractivity (Wildman–Crippen MR) is 74.4 cm³/mol. The van der Waals surface area contributed by atoms with E-state index in [9.17, 15) is 10.2 Å². The third-order valence-corrected chi connectivity index (χ3v) is 3.74. The average molecular weight is 275 g/mol. The molecule has 1 atom stereocenters. The van der Waals surface area contributed by atoms with Gasteiger partial charge in [-0.25, -0.2) is 4.98 Å². The van der Waals surface area contributed by atoms with Crippen LogP contribution in [-0.2, 0) is 6.42 Å². The van der Waals surface area contributed by atoms with Gasteiger partial charge in [0.15, 0.2) is 0 Å². The molecule has 20 heavy (non-hydrogen) atoms. The van der Waals surface area contributed by atoms with Crippen LogP contribution in [0.1, 0.15) is 19.4 Å². The molecule has 0 saturated heterocycles. The smallest absolute Gasteiger partial charge is 0.221 e. The zero-order valence-electron chi connectivity index (χ0n) is 11.7. The van der Waals surface area contributed by atoms with E-state index < -0.39 is 11.7 Å². The first-order valence-electron chi connectivity index (χ1n) is 6.49. The van der Waals surface area contributed by atoms with E-state index >= 15 is 0 Å². The largest absolute Gasteiger partial charge is 0.508 e. The second kappa shape index (κ2) is 4.24. The van der Waals surface area contributed by atoms with Crippen molar-refractivity contribution in [2.75, 3.05) is 7.11 Å². The van der Waals surface area contributed by atoms with Crippen LogP contribution in [0.4, 0.5) is 0 Å². The minimum atomic E-state index is -0.685. The summed E-state index contributed by atoms with van der Waals surface area (Å²) in [5.74, 6) is 1.22. The van der Waals surface area contributed by atoms with Gasteiger partial charge in [0.2, 0.25) is 5.88 Å². The summed E-state index contributed by atoms with van der Waals surface area (Å²) in [5, 5.41) is 20.5. The summed E-state index contributed by atoms with van der Waals surface area (Å²) in [5.41, 5.74) is 0.735. The number of rotatable bonds is 1. The molecule has 0 aliphatic carbocycles. The number of fused-ring (bicyclic) bond motifs is 2. The molecular formula is C15H17NO4. The van der Waals surface area contributed by atoms with Crippen LogP contribution in [0.3, 0.4) is 0 Å². The summed E-state index contributed by atoms with van der Waals surface area (Å²) in [6.07, 6.45) is -0.232. The molecule has 0 saturated carbocycles. The van der Waals surface area contributed by atoms with Gasteiger partial charge in [-0.05, 0) is 32.0 Å². The lowest BCUT2D eigenvalue weighted by atomic mass is 9.91. The maximum absolute atomic E-state index is 10.2. The Balaban J connectivity index is 2.28. The molecule has 1 aromatic carbocycles. The predicted octanol–water partition coefficient (Wildman–Crippen LogP) is 2.02. The van der Waals surface area contributed by atoms with Gasteiger partial charge in [0, 0.05) is 11.8 Å². The van der Waals surface area contributed by atoms with Gasteiger partial charge in [0.1, 0.15) is 17.1 Å². The highest BCUT2D eigenvalue weighted by molar-refractivity contribution is 5.88. The van der Waals surface area contributed by atoms with Gasteiger partial charge >= 0.3 is 0 Å². The fraction of sp³-hybridized carbons (Fsp3) is 0.400. The molecule has 1 aliphatic heterocycles. The van der Waals surface area contributed by atoms with Gasteiger partial charge in [0.25, 0.3) is 0 Å². The number of aromatic nitrogens is 1. The first-order valence-corrected chi connectivity index (χ1v) is 6.49. The number of phenols is 1. The van der Waals surface area contributed by atoms with Crippen LogP contribution >= 0.6 is 0 Å². The summed E-state index contributed by atoms with van der Waals surface area (Å²) >= 11 is 0. The maximum atomic E-state index is 10.2. The van der Waals surface area contributed by atoms with Crippen molar-refractivity contribution in [1.29, 1.82) is 0 Å². The lowest BCUT2D eigenvalue weighted by molar-refractivity contribution is -0.0445. The van der Waals surface area contributed by atoms with E-state index in [1.165, 1.54) is 0 Å². The van der Waals surface area contributed by atoms with Crippen molar-refractivity contribution >= 4 is 10.9 Å². The van der Waals surface area contributed by atoms with Crippen molar-refractivity contribution in [3.63, 3.8) is 0 Å². The zero-order chi connectivity index (χ0) is 14.5. The van der Waals surface area contributed by atoms with Crippen LogP contribution < -0.4 is 9.47 Å². The first-order chi connectivity index (χ1) is 9.42. The Hall–Kier alpha value is -2.01. The molecule has 2 N–H and O–H groups in total. The molecule has 0 amide bonds. The van der Waals surface area contributed by atoms with E-state index in [2.05, 4.69) is 4.98 Å². The molecule has 0 spiro atoms. The van der Waals surface area contributed by atoms with Gasteiger partial charge in [-0.3, -0.25) is 0 Å². The molecule has 5 nitrogen and oxygen atoms in total. The Labute approximate surface area is 116 Å². The van der Waals surface area contributed by atoms with Crippen LogP contribution in [0.25, 0.3) is 10.9 Å². The van der Waals surface area contributed by atoms with Crippen LogP contribution in [0.5, 0.6) is 17.4 Å². The Morgan fingerprint density at radius 1 is 1.40 bits per heavy atom. The molecule has 1 unspecified atom stereocenters. The summed E-state index contributed by atoms with van der Waals surface area (Å²) in [6, 6.07) is 4.90.